The van der Waals surface area contributed by atoms with Crippen molar-refractivity contribution in [2.45, 2.75) is 20.8 Å². The van der Waals surface area contributed by atoms with Crippen LogP contribution in [-0.4, -0.2) is 39.5 Å². The van der Waals surface area contributed by atoms with Crippen molar-refractivity contribution in [2.24, 2.45) is 0 Å². The van der Waals surface area contributed by atoms with E-state index >= 15 is 0 Å². The van der Waals surface area contributed by atoms with Crippen LogP contribution in [0.15, 0.2) is 0 Å². The van der Waals surface area contributed by atoms with E-state index in [1.165, 1.54) is 19.6 Å². The molecule has 0 spiro atoms. The van der Waals surface area contributed by atoms with E-state index < -0.39 is 0 Å². The second kappa shape index (κ2) is 7.63. The Kier molecular flexibility index (Phi) is 6.86. The summed E-state index contributed by atoms with van der Waals surface area (Å²) >= 11 is 0. The fraction of sp³-hybridized carbons (Fsp3) is 0.667. The Morgan fingerprint density at radius 2 is 1.00 bits per heavy atom. The van der Waals surface area contributed by atoms with Crippen molar-refractivity contribution < 1.29 is 0 Å². The Labute approximate surface area is 96.1 Å². The van der Waals surface area contributed by atoms with Crippen molar-refractivity contribution in [1.82, 2.24) is 19.9 Å². The monoisotopic (exact) mass is 227 g/mol. The molecule has 0 atom stereocenters. The molecular weight excluding hydrogens is 206 g/mol. The predicted molar refractivity (Wildman–Crippen MR) is 66.5 cm³/mol. The molecule has 7 heteroatoms. The highest BCUT2D eigenvalue weighted by Gasteiger charge is 1.93. The van der Waals surface area contributed by atoms with Crippen LogP contribution >= 0.6 is 0 Å². The molecule has 92 valence electrons. The van der Waals surface area contributed by atoms with E-state index in [4.69, 9.17) is 17.2 Å². The molecule has 0 radical (unpaired) electrons. The molecule has 1 aromatic heterocycles. The molecule has 0 bridgehead atoms. The number of aromatic nitrogens is 3. The molecule has 0 aromatic carbocycles. The van der Waals surface area contributed by atoms with Crippen LogP contribution in [0.2, 0.25) is 0 Å². The van der Waals surface area contributed by atoms with Crippen LogP contribution in [0.3, 0.4) is 0 Å². The van der Waals surface area contributed by atoms with E-state index in [1.54, 1.807) is 0 Å². The number of hydrogen-bond acceptors (Lipinski definition) is 7. The molecule has 0 aliphatic heterocycles. The standard InChI is InChI=1S/C6H15N.C3H6N6/c1-4-7(5-2)6-3;4-1-7-2(5)9-3(6)8-1/h4-6H2,1-3H3;(H6,4,5,6,7,8,9). The molecule has 0 saturated heterocycles. The third-order valence-electron chi connectivity index (χ3n) is 2.03. The molecule has 6 N–H and O–H groups in total. The third kappa shape index (κ3) is 5.97. The van der Waals surface area contributed by atoms with Crippen LogP contribution in [0.5, 0.6) is 0 Å². The molecule has 1 heterocycles. The van der Waals surface area contributed by atoms with Gasteiger partial charge in [0.15, 0.2) is 0 Å². The fourth-order valence-corrected chi connectivity index (χ4v) is 1.10. The lowest BCUT2D eigenvalue weighted by Gasteiger charge is -2.13. The fourth-order valence-electron chi connectivity index (χ4n) is 1.10. The van der Waals surface area contributed by atoms with Crippen LogP contribution < -0.4 is 17.2 Å². The molecule has 1 aromatic rings. The van der Waals surface area contributed by atoms with Gasteiger partial charge >= 0.3 is 0 Å². The van der Waals surface area contributed by atoms with Gasteiger partial charge in [0.25, 0.3) is 0 Å². The Hall–Kier alpha value is -1.63. The highest BCUT2D eigenvalue weighted by Crippen LogP contribution is 1.97. The van der Waals surface area contributed by atoms with Crippen molar-refractivity contribution in [3.63, 3.8) is 0 Å². The minimum absolute atomic E-state index is 0.0417. The predicted octanol–water partition coefficient (Wildman–Crippen LogP) is -0.0337. The second-order valence-corrected chi connectivity index (χ2v) is 3.03. The van der Waals surface area contributed by atoms with Crippen LogP contribution in [0.25, 0.3) is 0 Å². The van der Waals surface area contributed by atoms with Gasteiger partial charge in [-0.1, -0.05) is 20.8 Å². The van der Waals surface area contributed by atoms with Gasteiger partial charge in [0, 0.05) is 0 Å². The lowest BCUT2D eigenvalue weighted by Crippen LogP contribution is -2.21. The lowest BCUT2D eigenvalue weighted by atomic mass is 10.5. The Morgan fingerprint density at radius 1 is 0.750 bits per heavy atom. The maximum absolute atomic E-state index is 5.14. The molecule has 16 heavy (non-hydrogen) atoms. The van der Waals surface area contributed by atoms with E-state index in [-0.39, 0.29) is 17.8 Å². The zero-order valence-corrected chi connectivity index (χ0v) is 10.1. The Bertz CT molecular complexity index is 242. The first kappa shape index (κ1) is 14.4. The minimum atomic E-state index is 0.0417. The van der Waals surface area contributed by atoms with Gasteiger partial charge in [-0.05, 0) is 19.6 Å². The van der Waals surface area contributed by atoms with Crippen LogP contribution in [0.4, 0.5) is 17.8 Å². The largest absolute Gasteiger partial charge is 0.368 e. The number of anilines is 3. The normalized spacial score (nSPS) is 9.75. The summed E-state index contributed by atoms with van der Waals surface area (Å²) in [6, 6.07) is 0. The summed E-state index contributed by atoms with van der Waals surface area (Å²) in [4.78, 5) is 12.8. The van der Waals surface area contributed by atoms with Gasteiger partial charge in [0.2, 0.25) is 17.8 Å². The average molecular weight is 227 g/mol. The summed E-state index contributed by atoms with van der Waals surface area (Å²) in [6.07, 6.45) is 0. The number of nitrogens with zero attached hydrogens (tertiary/aromatic N) is 4. The van der Waals surface area contributed by atoms with Crippen molar-refractivity contribution in [3.05, 3.63) is 0 Å². The molecular formula is C9H21N7. The topological polar surface area (TPSA) is 120 Å². The number of nitrogen functional groups attached to an aromatic ring is 3. The number of nitrogens with two attached hydrogens (primary N) is 3. The van der Waals surface area contributed by atoms with Crippen LogP contribution in [0.1, 0.15) is 20.8 Å². The smallest absolute Gasteiger partial charge is 0.226 e. The first-order valence-corrected chi connectivity index (χ1v) is 5.28. The average Bonchev–Trinajstić information content (AvgIpc) is 2.19. The molecule has 0 saturated carbocycles. The van der Waals surface area contributed by atoms with E-state index in [0.717, 1.165) is 0 Å². The maximum Gasteiger partial charge on any atom is 0.226 e. The summed E-state index contributed by atoms with van der Waals surface area (Å²) in [6.45, 7) is 10.1. The van der Waals surface area contributed by atoms with Gasteiger partial charge in [-0.15, -0.1) is 0 Å². The molecule has 0 unspecified atom stereocenters. The van der Waals surface area contributed by atoms with Crippen molar-refractivity contribution in [1.29, 1.82) is 0 Å². The van der Waals surface area contributed by atoms with Gasteiger partial charge in [-0.25, -0.2) is 0 Å². The summed E-state index contributed by atoms with van der Waals surface area (Å²) in [7, 11) is 0. The number of hydrogen-bond donors (Lipinski definition) is 3. The second-order valence-electron chi connectivity index (χ2n) is 3.03. The molecule has 0 amide bonds. The quantitative estimate of drug-likeness (QED) is 0.663. The van der Waals surface area contributed by atoms with Crippen molar-refractivity contribution in [3.8, 4) is 0 Å². The maximum atomic E-state index is 5.14. The molecule has 0 aliphatic carbocycles. The van der Waals surface area contributed by atoms with Crippen LogP contribution in [-0.2, 0) is 0 Å². The first-order valence-electron chi connectivity index (χ1n) is 5.28. The molecule has 7 nitrogen and oxygen atoms in total. The van der Waals surface area contributed by atoms with E-state index in [1.807, 2.05) is 0 Å². The summed E-state index contributed by atoms with van der Waals surface area (Å²) in [5.74, 6) is 0.125. The molecule has 1 rings (SSSR count). The van der Waals surface area contributed by atoms with Gasteiger partial charge in [-0.2, -0.15) is 15.0 Å². The first-order chi connectivity index (χ1) is 7.53. The zero-order chi connectivity index (χ0) is 12.6. The van der Waals surface area contributed by atoms with Gasteiger partial charge in [-0.3, -0.25) is 0 Å². The minimum Gasteiger partial charge on any atom is -0.368 e. The van der Waals surface area contributed by atoms with Gasteiger partial charge in [0.05, 0.1) is 0 Å². The summed E-state index contributed by atoms with van der Waals surface area (Å²) < 4.78 is 0. The number of rotatable bonds is 3. The van der Waals surface area contributed by atoms with Gasteiger partial charge < -0.3 is 22.1 Å². The SMILES string of the molecule is CCN(CC)CC.Nc1nc(N)nc(N)n1. The third-order valence-corrected chi connectivity index (χ3v) is 2.03. The van der Waals surface area contributed by atoms with Crippen molar-refractivity contribution >= 4 is 17.8 Å². The Morgan fingerprint density at radius 3 is 1.12 bits per heavy atom. The van der Waals surface area contributed by atoms with E-state index in [2.05, 4.69) is 40.6 Å². The van der Waals surface area contributed by atoms with Crippen molar-refractivity contribution in [2.75, 3.05) is 36.8 Å². The molecule has 0 fully saturated rings. The van der Waals surface area contributed by atoms with Gasteiger partial charge in [0.1, 0.15) is 0 Å². The van der Waals surface area contributed by atoms with Crippen LogP contribution in [0, 0.1) is 0 Å². The highest BCUT2D eigenvalue weighted by molar-refractivity contribution is 5.33. The van der Waals surface area contributed by atoms with E-state index in [9.17, 15) is 0 Å². The zero-order valence-electron chi connectivity index (χ0n) is 10.1. The summed E-state index contributed by atoms with van der Waals surface area (Å²) in [5.41, 5.74) is 15.4. The summed E-state index contributed by atoms with van der Waals surface area (Å²) in [5, 5.41) is 0. The molecule has 0 aliphatic rings. The Balaban J connectivity index is 0.000000293. The lowest BCUT2D eigenvalue weighted by molar-refractivity contribution is 0.321. The van der Waals surface area contributed by atoms with E-state index in [0.29, 0.717) is 0 Å². The highest BCUT2D eigenvalue weighted by atomic mass is 15.2.